The monoisotopic (exact) mass is 193 g/mol. The Morgan fingerprint density at radius 2 is 2.36 bits per heavy atom. The molecule has 1 amide bonds. The van der Waals surface area contributed by atoms with Gasteiger partial charge in [0.2, 0.25) is 5.91 Å². The number of β-amino-alcohol motifs (C(OH)–C–C–N with tert-alkyl or cyclic N) is 1. The molecule has 0 saturated carbocycles. The molecule has 1 aromatic rings. The number of aromatic nitrogens is 1. The van der Waals surface area contributed by atoms with Gasteiger partial charge in [0, 0.05) is 0 Å². The van der Waals surface area contributed by atoms with Crippen LogP contribution in [0.4, 0.5) is 11.6 Å². The number of aliphatic hydroxyl groups is 1. The van der Waals surface area contributed by atoms with Crippen LogP contribution < -0.4 is 10.6 Å². The number of rotatable bonds is 1. The van der Waals surface area contributed by atoms with Gasteiger partial charge in [-0.1, -0.05) is 6.07 Å². The molecule has 1 saturated heterocycles. The smallest absolute Gasteiger partial charge is 0.230 e. The second-order valence-corrected chi connectivity index (χ2v) is 3.28. The van der Waals surface area contributed by atoms with Gasteiger partial charge in [-0.3, -0.25) is 9.69 Å². The van der Waals surface area contributed by atoms with Crippen molar-refractivity contribution in [1.29, 1.82) is 0 Å². The predicted molar refractivity (Wildman–Crippen MR) is 51.6 cm³/mol. The van der Waals surface area contributed by atoms with Gasteiger partial charge >= 0.3 is 0 Å². The minimum absolute atomic E-state index is 0.115. The Hall–Kier alpha value is -1.62. The summed E-state index contributed by atoms with van der Waals surface area (Å²) in [5.41, 5.74) is 5.49. The van der Waals surface area contributed by atoms with Crippen LogP contribution in [-0.2, 0) is 4.79 Å². The SMILES string of the molecule is Nc1cccc(N2CC(O)CC2=O)n1. The zero-order chi connectivity index (χ0) is 10.1. The molecule has 2 heterocycles. The van der Waals surface area contributed by atoms with E-state index in [9.17, 15) is 9.90 Å². The third-order valence-corrected chi connectivity index (χ3v) is 2.14. The Morgan fingerprint density at radius 3 is 2.93 bits per heavy atom. The Labute approximate surface area is 81.2 Å². The van der Waals surface area contributed by atoms with Crippen LogP contribution in [-0.4, -0.2) is 28.6 Å². The van der Waals surface area contributed by atoms with Crippen LogP contribution in [0.2, 0.25) is 0 Å². The van der Waals surface area contributed by atoms with Crippen molar-refractivity contribution in [2.75, 3.05) is 17.2 Å². The van der Waals surface area contributed by atoms with Crippen molar-refractivity contribution in [2.45, 2.75) is 12.5 Å². The Kier molecular flexibility index (Phi) is 2.09. The number of anilines is 2. The summed E-state index contributed by atoms with van der Waals surface area (Å²) in [6.45, 7) is 0.301. The minimum Gasteiger partial charge on any atom is -0.391 e. The summed E-state index contributed by atoms with van der Waals surface area (Å²) in [5.74, 6) is 0.763. The molecule has 0 bridgehead atoms. The number of nitrogens with two attached hydrogens (primary N) is 1. The lowest BCUT2D eigenvalue weighted by atomic mass is 10.3. The highest BCUT2D eigenvalue weighted by Crippen LogP contribution is 2.19. The quantitative estimate of drug-likeness (QED) is 0.645. The number of amides is 1. The van der Waals surface area contributed by atoms with Gasteiger partial charge in [-0.05, 0) is 12.1 Å². The van der Waals surface area contributed by atoms with Crippen molar-refractivity contribution in [1.82, 2.24) is 4.98 Å². The lowest BCUT2D eigenvalue weighted by Crippen LogP contribution is -2.26. The van der Waals surface area contributed by atoms with Crippen LogP contribution in [0.1, 0.15) is 6.42 Å². The van der Waals surface area contributed by atoms with E-state index in [0.717, 1.165) is 0 Å². The maximum absolute atomic E-state index is 11.4. The maximum atomic E-state index is 11.4. The van der Waals surface area contributed by atoms with Gasteiger partial charge in [0.05, 0.1) is 19.1 Å². The van der Waals surface area contributed by atoms with Crippen LogP contribution in [0.25, 0.3) is 0 Å². The zero-order valence-electron chi connectivity index (χ0n) is 7.55. The van der Waals surface area contributed by atoms with E-state index in [1.807, 2.05) is 0 Å². The molecular weight excluding hydrogens is 182 g/mol. The molecule has 0 radical (unpaired) electrons. The highest BCUT2D eigenvalue weighted by molar-refractivity contribution is 5.95. The first-order chi connectivity index (χ1) is 6.66. The van der Waals surface area contributed by atoms with Crippen molar-refractivity contribution < 1.29 is 9.90 Å². The fourth-order valence-corrected chi connectivity index (χ4v) is 1.50. The van der Waals surface area contributed by atoms with Crippen molar-refractivity contribution in [2.24, 2.45) is 0 Å². The van der Waals surface area contributed by atoms with Crippen molar-refractivity contribution in [3.8, 4) is 0 Å². The molecule has 1 fully saturated rings. The second-order valence-electron chi connectivity index (χ2n) is 3.28. The number of carbonyl (C=O) groups excluding carboxylic acids is 1. The molecule has 1 aliphatic heterocycles. The highest BCUT2D eigenvalue weighted by atomic mass is 16.3. The molecule has 74 valence electrons. The van der Waals surface area contributed by atoms with Gasteiger partial charge in [-0.15, -0.1) is 0 Å². The number of hydrogen-bond donors (Lipinski definition) is 2. The molecule has 1 atom stereocenters. The first-order valence-corrected chi connectivity index (χ1v) is 4.38. The topological polar surface area (TPSA) is 79.5 Å². The summed E-state index contributed by atoms with van der Waals surface area (Å²) in [7, 11) is 0. The van der Waals surface area contributed by atoms with E-state index in [1.165, 1.54) is 4.90 Å². The minimum atomic E-state index is -0.592. The van der Waals surface area contributed by atoms with E-state index < -0.39 is 6.10 Å². The van der Waals surface area contributed by atoms with Crippen LogP contribution in [0.15, 0.2) is 18.2 Å². The van der Waals surface area contributed by atoms with E-state index >= 15 is 0 Å². The number of aliphatic hydroxyl groups excluding tert-OH is 1. The van der Waals surface area contributed by atoms with Crippen LogP contribution >= 0.6 is 0 Å². The summed E-state index contributed by atoms with van der Waals surface area (Å²) >= 11 is 0. The van der Waals surface area contributed by atoms with E-state index in [0.29, 0.717) is 18.2 Å². The van der Waals surface area contributed by atoms with Gasteiger partial charge in [0.25, 0.3) is 0 Å². The summed E-state index contributed by atoms with van der Waals surface area (Å²) in [5, 5.41) is 9.28. The first kappa shape index (κ1) is 8.96. The van der Waals surface area contributed by atoms with Gasteiger partial charge in [-0.2, -0.15) is 0 Å². The summed E-state index contributed by atoms with van der Waals surface area (Å²) in [4.78, 5) is 16.8. The van der Waals surface area contributed by atoms with Crippen molar-refractivity contribution in [3.05, 3.63) is 18.2 Å². The number of pyridine rings is 1. The van der Waals surface area contributed by atoms with E-state index in [4.69, 9.17) is 5.73 Å². The average molecular weight is 193 g/mol. The molecule has 3 N–H and O–H groups in total. The number of nitrogens with zero attached hydrogens (tertiary/aromatic N) is 2. The highest BCUT2D eigenvalue weighted by Gasteiger charge is 2.29. The molecule has 14 heavy (non-hydrogen) atoms. The van der Waals surface area contributed by atoms with Gasteiger partial charge in [0.15, 0.2) is 0 Å². The number of hydrogen-bond acceptors (Lipinski definition) is 4. The van der Waals surface area contributed by atoms with Crippen LogP contribution in [0.5, 0.6) is 0 Å². The second kappa shape index (κ2) is 3.26. The predicted octanol–water partition coefficient (Wildman–Crippen LogP) is -0.239. The third-order valence-electron chi connectivity index (χ3n) is 2.14. The van der Waals surface area contributed by atoms with E-state index in [-0.39, 0.29) is 12.3 Å². The summed E-state index contributed by atoms with van der Waals surface area (Å²) in [6.07, 6.45) is -0.429. The molecule has 5 heteroatoms. The lowest BCUT2D eigenvalue weighted by Gasteiger charge is -2.14. The summed E-state index contributed by atoms with van der Waals surface area (Å²) in [6, 6.07) is 5.09. The van der Waals surface area contributed by atoms with Crippen LogP contribution in [0.3, 0.4) is 0 Å². The molecule has 0 aliphatic carbocycles. The molecule has 2 rings (SSSR count). The summed E-state index contributed by atoms with van der Waals surface area (Å²) < 4.78 is 0. The fourth-order valence-electron chi connectivity index (χ4n) is 1.50. The number of carbonyl (C=O) groups is 1. The molecule has 1 aliphatic rings. The van der Waals surface area contributed by atoms with Gasteiger partial charge < -0.3 is 10.8 Å². The Morgan fingerprint density at radius 1 is 1.57 bits per heavy atom. The Balaban J connectivity index is 2.27. The largest absolute Gasteiger partial charge is 0.391 e. The van der Waals surface area contributed by atoms with E-state index in [1.54, 1.807) is 18.2 Å². The average Bonchev–Trinajstić information content (AvgIpc) is 2.45. The third kappa shape index (κ3) is 1.54. The molecule has 0 spiro atoms. The standard InChI is InChI=1S/C9H11N3O2/c10-7-2-1-3-8(11-7)12-5-6(13)4-9(12)14/h1-3,6,13H,4-5H2,(H2,10,11). The van der Waals surface area contributed by atoms with E-state index in [2.05, 4.69) is 4.98 Å². The zero-order valence-corrected chi connectivity index (χ0v) is 7.55. The van der Waals surface area contributed by atoms with Gasteiger partial charge in [-0.25, -0.2) is 4.98 Å². The molecule has 1 aromatic heterocycles. The first-order valence-electron chi connectivity index (χ1n) is 4.38. The normalized spacial score (nSPS) is 21.6. The molecule has 5 nitrogen and oxygen atoms in total. The fraction of sp³-hybridized carbons (Fsp3) is 0.333. The molecular formula is C9H11N3O2. The van der Waals surface area contributed by atoms with Gasteiger partial charge in [0.1, 0.15) is 11.6 Å². The van der Waals surface area contributed by atoms with Crippen molar-refractivity contribution in [3.63, 3.8) is 0 Å². The maximum Gasteiger partial charge on any atom is 0.230 e. The molecule has 0 aromatic carbocycles. The van der Waals surface area contributed by atoms with Crippen LogP contribution in [0, 0.1) is 0 Å². The lowest BCUT2D eigenvalue weighted by molar-refractivity contribution is -0.117. The van der Waals surface area contributed by atoms with Crippen molar-refractivity contribution >= 4 is 17.5 Å². The molecule has 1 unspecified atom stereocenters. The Bertz CT molecular complexity index is 367. The number of nitrogen functional groups attached to an aromatic ring is 1.